The molecule has 3 aromatic rings. The first-order valence-electron chi connectivity index (χ1n) is 8.50. The molecule has 2 aromatic carbocycles. The maximum absolute atomic E-state index is 12.9. The summed E-state index contributed by atoms with van der Waals surface area (Å²) in [5.74, 6) is 0.194. The highest BCUT2D eigenvalue weighted by Gasteiger charge is 2.29. The molecular formula is C21H20N2O. The second-order valence-electron chi connectivity index (χ2n) is 6.32. The van der Waals surface area contributed by atoms with Crippen molar-refractivity contribution in [2.45, 2.75) is 25.3 Å². The van der Waals surface area contributed by atoms with Crippen molar-refractivity contribution in [2.75, 3.05) is 6.54 Å². The van der Waals surface area contributed by atoms with E-state index in [1.807, 2.05) is 53.4 Å². The SMILES string of the molecule is O=C(Cc1cccc2cccnc12)N1CCCC1c1ccccc1. The lowest BCUT2D eigenvalue weighted by atomic mass is 10.0. The summed E-state index contributed by atoms with van der Waals surface area (Å²) in [7, 11) is 0. The van der Waals surface area contributed by atoms with Crippen LogP contribution in [0.25, 0.3) is 10.9 Å². The van der Waals surface area contributed by atoms with Crippen molar-refractivity contribution >= 4 is 16.8 Å². The number of aromatic nitrogens is 1. The van der Waals surface area contributed by atoms with Crippen LogP contribution in [0.3, 0.4) is 0 Å². The molecule has 0 aliphatic carbocycles. The molecule has 120 valence electrons. The molecule has 1 unspecified atom stereocenters. The third kappa shape index (κ3) is 2.78. The number of benzene rings is 2. The van der Waals surface area contributed by atoms with Crippen LogP contribution in [0.2, 0.25) is 0 Å². The molecule has 3 heteroatoms. The van der Waals surface area contributed by atoms with Gasteiger partial charge in [0.15, 0.2) is 0 Å². The molecule has 0 spiro atoms. The molecule has 0 N–H and O–H groups in total. The lowest BCUT2D eigenvalue weighted by Crippen LogP contribution is -2.31. The van der Waals surface area contributed by atoms with Crippen molar-refractivity contribution < 1.29 is 4.79 Å². The second-order valence-corrected chi connectivity index (χ2v) is 6.32. The van der Waals surface area contributed by atoms with Crippen LogP contribution in [-0.2, 0) is 11.2 Å². The summed E-state index contributed by atoms with van der Waals surface area (Å²) in [5.41, 5.74) is 3.18. The fourth-order valence-corrected chi connectivity index (χ4v) is 3.66. The second kappa shape index (κ2) is 6.44. The summed E-state index contributed by atoms with van der Waals surface area (Å²) < 4.78 is 0. The highest BCUT2D eigenvalue weighted by Crippen LogP contribution is 2.32. The molecular weight excluding hydrogens is 296 g/mol. The van der Waals surface area contributed by atoms with Gasteiger partial charge in [0.2, 0.25) is 5.91 Å². The van der Waals surface area contributed by atoms with E-state index in [0.29, 0.717) is 6.42 Å². The van der Waals surface area contributed by atoms with Crippen molar-refractivity contribution in [2.24, 2.45) is 0 Å². The number of rotatable bonds is 3. The van der Waals surface area contributed by atoms with Gasteiger partial charge in [0.25, 0.3) is 0 Å². The maximum atomic E-state index is 12.9. The van der Waals surface area contributed by atoms with Crippen LogP contribution in [-0.4, -0.2) is 22.3 Å². The lowest BCUT2D eigenvalue weighted by molar-refractivity contribution is -0.131. The molecule has 24 heavy (non-hydrogen) atoms. The fraction of sp³-hybridized carbons (Fsp3) is 0.238. The van der Waals surface area contributed by atoms with Crippen LogP contribution in [0.1, 0.15) is 30.0 Å². The highest BCUT2D eigenvalue weighted by atomic mass is 16.2. The summed E-state index contributed by atoms with van der Waals surface area (Å²) >= 11 is 0. The Morgan fingerprint density at radius 3 is 2.75 bits per heavy atom. The molecule has 0 radical (unpaired) electrons. The van der Waals surface area contributed by atoms with Crippen LogP contribution in [0.15, 0.2) is 66.9 Å². The standard InChI is InChI=1S/C21H20N2O/c24-20(15-18-10-4-9-17-11-5-13-22-21(17)18)23-14-6-12-19(23)16-7-2-1-3-8-16/h1-5,7-11,13,19H,6,12,14-15H2. The molecule has 2 heterocycles. The van der Waals surface area contributed by atoms with Gasteiger partial charge in [-0.3, -0.25) is 9.78 Å². The van der Waals surface area contributed by atoms with Crippen molar-refractivity contribution in [3.05, 3.63) is 78.0 Å². The van der Waals surface area contributed by atoms with E-state index >= 15 is 0 Å². The van der Waals surface area contributed by atoms with Gasteiger partial charge < -0.3 is 4.90 Å². The average molecular weight is 316 g/mol. The number of nitrogens with zero attached hydrogens (tertiary/aromatic N) is 2. The van der Waals surface area contributed by atoms with Gasteiger partial charge >= 0.3 is 0 Å². The van der Waals surface area contributed by atoms with Crippen LogP contribution in [0.4, 0.5) is 0 Å². The van der Waals surface area contributed by atoms with Crippen molar-refractivity contribution in [3.8, 4) is 0 Å². The van der Waals surface area contributed by atoms with E-state index in [1.54, 1.807) is 6.20 Å². The zero-order valence-corrected chi connectivity index (χ0v) is 13.6. The predicted molar refractivity (Wildman–Crippen MR) is 95.6 cm³/mol. The molecule has 1 amide bonds. The van der Waals surface area contributed by atoms with Crippen molar-refractivity contribution in [1.82, 2.24) is 9.88 Å². The van der Waals surface area contributed by atoms with Crippen LogP contribution in [0, 0.1) is 0 Å². The largest absolute Gasteiger partial charge is 0.335 e. The Morgan fingerprint density at radius 1 is 1.04 bits per heavy atom. The first kappa shape index (κ1) is 14.9. The minimum absolute atomic E-state index is 0.194. The third-order valence-electron chi connectivity index (χ3n) is 4.82. The molecule has 1 aromatic heterocycles. The lowest BCUT2D eigenvalue weighted by Gasteiger charge is -2.25. The van der Waals surface area contributed by atoms with E-state index < -0.39 is 0 Å². The van der Waals surface area contributed by atoms with E-state index in [-0.39, 0.29) is 11.9 Å². The number of likely N-dealkylation sites (tertiary alicyclic amines) is 1. The summed E-state index contributed by atoms with van der Waals surface area (Å²) in [6, 6.07) is 20.6. The zero-order chi connectivity index (χ0) is 16.4. The Hall–Kier alpha value is -2.68. The molecule has 0 bridgehead atoms. The van der Waals surface area contributed by atoms with E-state index in [9.17, 15) is 4.79 Å². The number of amides is 1. The van der Waals surface area contributed by atoms with Crippen molar-refractivity contribution in [3.63, 3.8) is 0 Å². The number of fused-ring (bicyclic) bond motifs is 1. The van der Waals surface area contributed by atoms with E-state index in [0.717, 1.165) is 35.9 Å². The summed E-state index contributed by atoms with van der Waals surface area (Å²) in [5, 5.41) is 1.09. The Balaban J connectivity index is 1.59. The molecule has 3 nitrogen and oxygen atoms in total. The zero-order valence-electron chi connectivity index (χ0n) is 13.6. The normalized spacial score (nSPS) is 17.3. The summed E-state index contributed by atoms with van der Waals surface area (Å²) in [6.45, 7) is 0.844. The maximum Gasteiger partial charge on any atom is 0.227 e. The molecule has 1 atom stereocenters. The van der Waals surface area contributed by atoms with Crippen LogP contribution in [0.5, 0.6) is 0 Å². The van der Waals surface area contributed by atoms with E-state index in [4.69, 9.17) is 0 Å². The predicted octanol–water partition coefficient (Wildman–Crippen LogP) is 4.14. The number of hydrogen-bond acceptors (Lipinski definition) is 2. The molecule has 1 aliphatic rings. The van der Waals surface area contributed by atoms with E-state index in [1.165, 1.54) is 5.56 Å². The quantitative estimate of drug-likeness (QED) is 0.727. The van der Waals surface area contributed by atoms with E-state index in [2.05, 4.69) is 17.1 Å². The number of hydrogen-bond donors (Lipinski definition) is 0. The van der Waals surface area contributed by atoms with Crippen LogP contribution >= 0.6 is 0 Å². The number of pyridine rings is 1. The number of para-hydroxylation sites is 1. The molecule has 4 rings (SSSR count). The van der Waals surface area contributed by atoms with Gasteiger partial charge in [-0.2, -0.15) is 0 Å². The minimum Gasteiger partial charge on any atom is -0.335 e. The number of carbonyl (C=O) groups is 1. The molecule has 1 fully saturated rings. The molecule has 1 aliphatic heterocycles. The van der Waals surface area contributed by atoms with Gasteiger partial charge in [0.1, 0.15) is 0 Å². The smallest absolute Gasteiger partial charge is 0.227 e. The van der Waals surface area contributed by atoms with Crippen LogP contribution < -0.4 is 0 Å². The topological polar surface area (TPSA) is 33.2 Å². The average Bonchev–Trinajstić information content (AvgIpc) is 3.13. The Kier molecular flexibility index (Phi) is 3.99. The van der Waals surface area contributed by atoms with Gasteiger partial charge in [-0.1, -0.05) is 54.6 Å². The molecule has 0 saturated carbocycles. The first-order chi connectivity index (χ1) is 11.8. The van der Waals surface area contributed by atoms with Gasteiger partial charge in [0, 0.05) is 18.1 Å². The fourth-order valence-electron chi connectivity index (χ4n) is 3.66. The summed E-state index contributed by atoms with van der Waals surface area (Å²) in [6.07, 6.45) is 4.32. The third-order valence-corrected chi connectivity index (χ3v) is 4.82. The Bertz CT molecular complexity index is 855. The number of carbonyl (C=O) groups excluding carboxylic acids is 1. The van der Waals surface area contributed by atoms with Crippen molar-refractivity contribution in [1.29, 1.82) is 0 Å². The monoisotopic (exact) mass is 316 g/mol. The highest BCUT2D eigenvalue weighted by molar-refractivity contribution is 5.87. The van der Waals surface area contributed by atoms with Gasteiger partial charge in [-0.15, -0.1) is 0 Å². The van der Waals surface area contributed by atoms with Gasteiger partial charge in [0.05, 0.1) is 18.0 Å². The Labute approximate surface area is 141 Å². The summed E-state index contributed by atoms with van der Waals surface area (Å²) in [4.78, 5) is 19.4. The van der Waals surface area contributed by atoms with Gasteiger partial charge in [-0.05, 0) is 30.0 Å². The van der Waals surface area contributed by atoms with Gasteiger partial charge in [-0.25, -0.2) is 0 Å². The first-order valence-corrected chi connectivity index (χ1v) is 8.50. The molecule has 1 saturated heterocycles. The Morgan fingerprint density at radius 2 is 1.88 bits per heavy atom. The minimum atomic E-state index is 0.194.